The summed E-state index contributed by atoms with van der Waals surface area (Å²) in [5.41, 5.74) is 0.122. The maximum absolute atomic E-state index is 11.6. The highest BCUT2D eigenvalue weighted by Crippen LogP contribution is 2.13. The summed E-state index contributed by atoms with van der Waals surface area (Å²) < 4.78 is 5.17. The van der Waals surface area contributed by atoms with Crippen molar-refractivity contribution in [3.63, 3.8) is 0 Å². The van der Waals surface area contributed by atoms with Crippen molar-refractivity contribution >= 4 is 17.6 Å². The molecule has 0 atom stereocenters. The van der Waals surface area contributed by atoms with E-state index in [9.17, 15) is 4.79 Å². The number of nitrogens with one attached hydrogen (secondary N) is 2. The molecule has 1 amide bonds. The summed E-state index contributed by atoms with van der Waals surface area (Å²) in [6.07, 6.45) is 4.70. The molecular formula is C15H25N3O2. The Labute approximate surface area is 121 Å². The van der Waals surface area contributed by atoms with E-state index in [1.54, 1.807) is 12.3 Å². The number of aromatic nitrogens is 1. The van der Waals surface area contributed by atoms with Crippen LogP contribution in [0.2, 0.25) is 0 Å². The van der Waals surface area contributed by atoms with Crippen LogP contribution in [-0.2, 0) is 4.74 Å². The number of amides is 1. The maximum atomic E-state index is 11.6. The largest absolute Gasteiger partial charge is 0.444 e. The summed E-state index contributed by atoms with van der Waals surface area (Å²) >= 11 is 0. The molecule has 1 rings (SSSR count). The molecule has 112 valence electrons. The summed E-state index contributed by atoms with van der Waals surface area (Å²) in [6.45, 7) is 8.57. The van der Waals surface area contributed by atoms with E-state index in [4.69, 9.17) is 4.74 Å². The Balaban J connectivity index is 2.40. The molecule has 0 unspecified atom stereocenters. The van der Waals surface area contributed by atoms with Gasteiger partial charge in [-0.3, -0.25) is 5.32 Å². The average Bonchev–Trinajstić information content (AvgIpc) is 2.34. The second kappa shape index (κ2) is 7.72. The van der Waals surface area contributed by atoms with Gasteiger partial charge < -0.3 is 10.1 Å². The maximum Gasteiger partial charge on any atom is 0.412 e. The van der Waals surface area contributed by atoms with Crippen LogP contribution in [0, 0.1) is 0 Å². The third-order valence-corrected chi connectivity index (χ3v) is 2.50. The van der Waals surface area contributed by atoms with Gasteiger partial charge in [-0.25, -0.2) is 9.78 Å². The van der Waals surface area contributed by atoms with Crippen LogP contribution in [0.4, 0.5) is 16.3 Å². The molecule has 0 radical (unpaired) electrons. The van der Waals surface area contributed by atoms with Gasteiger partial charge in [0.05, 0.1) is 11.9 Å². The Morgan fingerprint density at radius 2 is 2.05 bits per heavy atom. The van der Waals surface area contributed by atoms with Gasteiger partial charge in [0.1, 0.15) is 11.4 Å². The molecule has 0 aromatic carbocycles. The first kappa shape index (κ1) is 16.3. The van der Waals surface area contributed by atoms with E-state index in [1.165, 1.54) is 12.8 Å². The van der Waals surface area contributed by atoms with Crippen molar-refractivity contribution in [2.45, 2.75) is 52.6 Å². The Morgan fingerprint density at radius 3 is 2.60 bits per heavy atom. The third kappa shape index (κ3) is 6.97. The zero-order valence-corrected chi connectivity index (χ0v) is 12.8. The van der Waals surface area contributed by atoms with Gasteiger partial charge in [0.15, 0.2) is 0 Å². The standard InChI is InChI=1S/C15H25N3O2/c1-5-6-7-10-16-13-9-8-12(11-17-13)18-14(19)20-15(2,3)4/h8-9,11H,5-7,10H2,1-4H3,(H,16,17)(H,18,19). The number of ether oxygens (including phenoxy) is 1. The van der Waals surface area contributed by atoms with Crippen LogP contribution >= 0.6 is 0 Å². The normalized spacial score (nSPS) is 11.0. The minimum Gasteiger partial charge on any atom is -0.444 e. The topological polar surface area (TPSA) is 63.2 Å². The monoisotopic (exact) mass is 279 g/mol. The number of nitrogens with zero attached hydrogens (tertiary/aromatic N) is 1. The predicted molar refractivity (Wildman–Crippen MR) is 82.1 cm³/mol. The van der Waals surface area contributed by atoms with Crippen molar-refractivity contribution in [3.8, 4) is 0 Å². The quantitative estimate of drug-likeness (QED) is 0.772. The number of pyridine rings is 1. The summed E-state index contributed by atoms with van der Waals surface area (Å²) in [4.78, 5) is 15.8. The minimum absolute atomic E-state index is 0.469. The summed E-state index contributed by atoms with van der Waals surface area (Å²) in [5, 5.41) is 5.89. The SMILES string of the molecule is CCCCCNc1ccc(NC(=O)OC(C)(C)C)cn1. The molecule has 0 saturated heterocycles. The van der Waals surface area contributed by atoms with Gasteiger partial charge in [0.25, 0.3) is 0 Å². The molecule has 0 aliphatic rings. The highest BCUT2D eigenvalue weighted by atomic mass is 16.6. The summed E-state index contributed by atoms with van der Waals surface area (Å²) in [7, 11) is 0. The third-order valence-electron chi connectivity index (χ3n) is 2.50. The van der Waals surface area contributed by atoms with E-state index in [1.807, 2.05) is 26.8 Å². The highest BCUT2D eigenvalue weighted by Gasteiger charge is 2.16. The second-order valence-corrected chi connectivity index (χ2v) is 5.69. The molecule has 0 aliphatic carbocycles. The van der Waals surface area contributed by atoms with E-state index in [-0.39, 0.29) is 0 Å². The lowest BCUT2D eigenvalue weighted by atomic mass is 10.2. The van der Waals surface area contributed by atoms with Crippen LogP contribution in [0.5, 0.6) is 0 Å². The number of anilines is 2. The molecular weight excluding hydrogens is 254 g/mol. The predicted octanol–water partition coefficient (Wildman–Crippen LogP) is 4.03. The van der Waals surface area contributed by atoms with Gasteiger partial charge in [-0.15, -0.1) is 0 Å². The zero-order valence-electron chi connectivity index (χ0n) is 12.8. The molecule has 1 heterocycles. The molecule has 1 aromatic rings. The van der Waals surface area contributed by atoms with Crippen molar-refractivity contribution in [2.24, 2.45) is 0 Å². The molecule has 0 aliphatic heterocycles. The van der Waals surface area contributed by atoms with E-state index in [0.29, 0.717) is 5.69 Å². The Morgan fingerprint density at radius 1 is 1.30 bits per heavy atom. The van der Waals surface area contributed by atoms with E-state index < -0.39 is 11.7 Å². The molecule has 1 aromatic heterocycles. The lowest BCUT2D eigenvalue weighted by molar-refractivity contribution is 0.0636. The zero-order chi connectivity index (χ0) is 15.0. The lowest BCUT2D eigenvalue weighted by Crippen LogP contribution is -2.27. The molecule has 20 heavy (non-hydrogen) atoms. The number of hydrogen-bond acceptors (Lipinski definition) is 4. The fraction of sp³-hybridized carbons (Fsp3) is 0.600. The molecule has 5 heteroatoms. The fourth-order valence-electron chi connectivity index (χ4n) is 1.59. The average molecular weight is 279 g/mol. The van der Waals surface area contributed by atoms with Gasteiger partial charge in [0.2, 0.25) is 0 Å². The van der Waals surface area contributed by atoms with Crippen molar-refractivity contribution in [1.29, 1.82) is 0 Å². The van der Waals surface area contributed by atoms with Gasteiger partial charge >= 0.3 is 6.09 Å². The molecule has 2 N–H and O–H groups in total. The van der Waals surface area contributed by atoms with Crippen molar-refractivity contribution < 1.29 is 9.53 Å². The number of hydrogen-bond donors (Lipinski definition) is 2. The summed E-state index contributed by atoms with van der Waals surface area (Å²) in [6, 6.07) is 3.65. The minimum atomic E-state index is -0.502. The number of carbonyl (C=O) groups excluding carboxylic acids is 1. The van der Waals surface area contributed by atoms with Gasteiger partial charge in [0, 0.05) is 6.54 Å². The molecule has 5 nitrogen and oxygen atoms in total. The van der Waals surface area contributed by atoms with Crippen LogP contribution in [0.3, 0.4) is 0 Å². The first-order valence-corrected chi connectivity index (χ1v) is 7.10. The van der Waals surface area contributed by atoms with Crippen molar-refractivity contribution in [3.05, 3.63) is 18.3 Å². The molecule has 0 spiro atoms. The van der Waals surface area contributed by atoms with Crippen LogP contribution < -0.4 is 10.6 Å². The Hall–Kier alpha value is -1.78. The van der Waals surface area contributed by atoms with Crippen molar-refractivity contribution in [1.82, 2.24) is 4.98 Å². The van der Waals surface area contributed by atoms with Crippen LogP contribution in [-0.4, -0.2) is 23.2 Å². The van der Waals surface area contributed by atoms with Gasteiger partial charge in [-0.2, -0.15) is 0 Å². The number of carbonyl (C=O) groups is 1. The Kier molecular flexibility index (Phi) is 6.28. The highest BCUT2D eigenvalue weighted by molar-refractivity contribution is 5.84. The second-order valence-electron chi connectivity index (χ2n) is 5.69. The first-order valence-electron chi connectivity index (χ1n) is 7.10. The summed E-state index contributed by atoms with van der Waals surface area (Å²) in [5.74, 6) is 0.816. The van der Waals surface area contributed by atoms with Gasteiger partial charge in [-0.1, -0.05) is 19.8 Å². The van der Waals surface area contributed by atoms with Crippen molar-refractivity contribution in [2.75, 3.05) is 17.2 Å². The van der Waals surface area contributed by atoms with Gasteiger partial charge in [-0.05, 0) is 39.3 Å². The smallest absolute Gasteiger partial charge is 0.412 e. The fourth-order valence-corrected chi connectivity index (χ4v) is 1.59. The van der Waals surface area contributed by atoms with Crippen LogP contribution in [0.25, 0.3) is 0 Å². The van der Waals surface area contributed by atoms with E-state index in [2.05, 4.69) is 22.5 Å². The number of rotatable bonds is 6. The van der Waals surface area contributed by atoms with E-state index in [0.717, 1.165) is 18.8 Å². The lowest BCUT2D eigenvalue weighted by Gasteiger charge is -2.19. The van der Waals surface area contributed by atoms with Crippen LogP contribution in [0.1, 0.15) is 47.0 Å². The number of unbranched alkanes of at least 4 members (excludes halogenated alkanes) is 2. The Bertz CT molecular complexity index is 410. The van der Waals surface area contributed by atoms with E-state index >= 15 is 0 Å². The molecule has 0 fully saturated rings. The van der Waals surface area contributed by atoms with Crippen LogP contribution in [0.15, 0.2) is 18.3 Å². The molecule has 0 bridgehead atoms. The molecule has 0 saturated carbocycles. The first-order chi connectivity index (χ1) is 9.40.